The van der Waals surface area contributed by atoms with Crippen LogP contribution in [0.4, 0.5) is 5.82 Å². The Balaban J connectivity index is 1.97. The van der Waals surface area contributed by atoms with Gasteiger partial charge in [-0.15, -0.1) is 10.2 Å². The summed E-state index contributed by atoms with van der Waals surface area (Å²) < 4.78 is 8.56. The van der Waals surface area contributed by atoms with Gasteiger partial charge in [-0.1, -0.05) is 0 Å². The molecule has 0 radical (unpaired) electrons. The summed E-state index contributed by atoms with van der Waals surface area (Å²) in [7, 11) is 3.45. The molecule has 0 N–H and O–H groups in total. The van der Waals surface area contributed by atoms with E-state index in [0.29, 0.717) is 21.8 Å². The highest BCUT2D eigenvalue weighted by Gasteiger charge is 2.24. The minimum atomic E-state index is -0.522. The summed E-state index contributed by atoms with van der Waals surface area (Å²) in [6, 6.07) is 3.52. The van der Waals surface area contributed by atoms with Gasteiger partial charge in [-0.3, -0.25) is 0 Å². The van der Waals surface area contributed by atoms with Crippen molar-refractivity contribution in [2.45, 2.75) is 10.2 Å². The van der Waals surface area contributed by atoms with Crippen LogP contribution in [0.2, 0.25) is 0 Å². The molecule has 0 aromatic carbocycles. The zero-order valence-electron chi connectivity index (χ0n) is 11.1. The van der Waals surface area contributed by atoms with Crippen LogP contribution in [-0.4, -0.2) is 29.2 Å². The molecule has 108 valence electrons. The van der Waals surface area contributed by atoms with Crippen molar-refractivity contribution in [1.29, 1.82) is 0 Å². The molecule has 0 unspecified atom stereocenters. The molecule has 0 spiro atoms. The van der Waals surface area contributed by atoms with Gasteiger partial charge in [0.15, 0.2) is 21.8 Å². The van der Waals surface area contributed by atoms with Crippen molar-refractivity contribution in [3.63, 3.8) is 0 Å². The van der Waals surface area contributed by atoms with Gasteiger partial charge in [0.1, 0.15) is 0 Å². The molecule has 0 bridgehead atoms. The van der Waals surface area contributed by atoms with E-state index in [2.05, 4.69) is 15.2 Å². The van der Waals surface area contributed by atoms with Crippen LogP contribution in [0.15, 0.2) is 39.3 Å². The van der Waals surface area contributed by atoms with Gasteiger partial charge in [0.2, 0.25) is 6.33 Å². The maximum atomic E-state index is 11.0. The number of rotatable bonds is 4. The molecule has 3 aromatic heterocycles. The first kappa shape index (κ1) is 13.4. The number of nitrogens with zero attached hydrogens (tertiary/aromatic N) is 6. The third-order valence-corrected chi connectivity index (χ3v) is 4.00. The van der Waals surface area contributed by atoms with E-state index >= 15 is 0 Å². The molecular formula is C11H10N6O3S. The van der Waals surface area contributed by atoms with E-state index in [4.69, 9.17) is 4.42 Å². The molecule has 0 fully saturated rings. The molecule has 3 rings (SSSR count). The number of aryl methyl sites for hydroxylation is 1. The van der Waals surface area contributed by atoms with Crippen LogP contribution in [0.1, 0.15) is 0 Å². The Kier molecular flexibility index (Phi) is 3.22. The molecule has 0 atom stereocenters. The third kappa shape index (κ3) is 2.29. The Hall–Kier alpha value is -2.62. The highest BCUT2D eigenvalue weighted by molar-refractivity contribution is 7.99. The first-order valence-corrected chi connectivity index (χ1v) is 6.66. The summed E-state index contributed by atoms with van der Waals surface area (Å²) in [5.41, 5.74) is 0. The molecule has 21 heavy (non-hydrogen) atoms. The first-order chi connectivity index (χ1) is 10.1. The number of imidazole rings is 1. The zero-order chi connectivity index (χ0) is 15.0. The van der Waals surface area contributed by atoms with Crippen molar-refractivity contribution in [2.24, 2.45) is 14.1 Å². The predicted molar refractivity (Wildman–Crippen MR) is 72.7 cm³/mol. The number of hydrogen-bond acceptors (Lipinski definition) is 7. The van der Waals surface area contributed by atoms with E-state index in [1.165, 1.54) is 6.33 Å². The molecule has 0 saturated heterocycles. The van der Waals surface area contributed by atoms with Gasteiger partial charge < -0.3 is 23.7 Å². The largest absolute Gasteiger partial charge is 0.461 e. The summed E-state index contributed by atoms with van der Waals surface area (Å²) in [5.74, 6) is 0.925. The predicted octanol–water partition coefficient (Wildman–Crippen LogP) is 1.87. The van der Waals surface area contributed by atoms with Gasteiger partial charge in [0.25, 0.3) is 0 Å². The average molecular weight is 306 g/mol. The van der Waals surface area contributed by atoms with Crippen LogP contribution in [0, 0.1) is 10.1 Å². The summed E-state index contributed by atoms with van der Waals surface area (Å²) >= 11 is 1.13. The van der Waals surface area contributed by atoms with Gasteiger partial charge in [-0.2, -0.15) is 0 Å². The number of furan rings is 1. The van der Waals surface area contributed by atoms with Gasteiger partial charge in [0.05, 0.1) is 6.26 Å². The Bertz CT molecular complexity index is 791. The molecule has 0 aliphatic heterocycles. The van der Waals surface area contributed by atoms with E-state index in [9.17, 15) is 10.1 Å². The number of hydrogen-bond donors (Lipinski definition) is 0. The number of nitro groups is 1. The minimum absolute atomic E-state index is 0.204. The first-order valence-electron chi connectivity index (χ1n) is 5.84. The number of aromatic nitrogens is 5. The van der Waals surface area contributed by atoms with Crippen LogP contribution in [0.3, 0.4) is 0 Å². The summed E-state index contributed by atoms with van der Waals surface area (Å²) in [4.78, 5) is 14.2. The summed E-state index contributed by atoms with van der Waals surface area (Å²) in [6.45, 7) is 0. The molecular weight excluding hydrogens is 296 g/mol. The summed E-state index contributed by atoms with van der Waals surface area (Å²) in [6.07, 6.45) is 2.94. The normalized spacial score (nSPS) is 11.0. The van der Waals surface area contributed by atoms with Crippen molar-refractivity contribution < 1.29 is 9.34 Å². The van der Waals surface area contributed by atoms with Crippen molar-refractivity contribution in [2.75, 3.05) is 0 Å². The minimum Gasteiger partial charge on any atom is -0.461 e. The standard InChI is InChI=1S/C11H10N6O3S/c1-15-6-12-9(17(18)19)10(15)21-11-14-13-8(16(11)2)7-4-3-5-20-7/h3-6H,1-2H3. The second kappa shape index (κ2) is 5.05. The second-order valence-corrected chi connectivity index (χ2v) is 5.14. The van der Waals surface area contributed by atoms with Crippen LogP contribution >= 0.6 is 11.8 Å². The summed E-state index contributed by atoms with van der Waals surface area (Å²) in [5, 5.41) is 19.9. The molecule has 10 heteroatoms. The molecule has 3 heterocycles. The van der Waals surface area contributed by atoms with Crippen molar-refractivity contribution >= 4 is 17.6 Å². The van der Waals surface area contributed by atoms with Gasteiger partial charge in [-0.25, -0.2) is 0 Å². The topological polar surface area (TPSA) is 105 Å². The fourth-order valence-corrected chi connectivity index (χ4v) is 2.65. The van der Waals surface area contributed by atoms with E-state index in [-0.39, 0.29) is 5.82 Å². The van der Waals surface area contributed by atoms with E-state index < -0.39 is 4.92 Å². The van der Waals surface area contributed by atoms with Crippen LogP contribution < -0.4 is 0 Å². The quantitative estimate of drug-likeness (QED) is 0.535. The second-order valence-electron chi connectivity index (χ2n) is 4.19. The average Bonchev–Trinajstić information content (AvgIpc) is 3.14. The lowest BCUT2D eigenvalue weighted by Crippen LogP contribution is -1.97. The SMILES string of the molecule is Cn1cnc([N+](=O)[O-])c1Sc1nnc(-c2ccco2)n1C. The monoisotopic (exact) mass is 306 g/mol. The van der Waals surface area contributed by atoms with Crippen molar-refractivity contribution in [1.82, 2.24) is 24.3 Å². The molecule has 0 saturated carbocycles. The van der Waals surface area contributed by atoms with E-state index in [1.54, 1.807) is 41.6 Å². The van der Waals surface area contributed by atoms with Gasteiger partial charge in [0, 0.05) is 14.1 Å². The zero-order valence-corrected chi connectivity index (χ0v) is 11.9. The maximum absolute atomic E-state index is 11.0. The lowest BCUT2D eigenvalue weighted by molar-refractivity contribution is -0.392. The van der Waals surface area contributed by atoms with Crippen LogP contribution in [0.25, 0.3) is 11.6 Å². The smallest absolute Gasteiger partial charge is 0.396 e. The highest BCUT2D eigenvalue weighted by atomic mass is 32.2. The fraction of sp³-hybridized carbons (Fsp3) is 0.182. The molecule has 0 aliphatic rings. The molecule has 0 amide bonds. The van der Waals surface area contributed by atoms with E-state index in [1.807, 2.05) is 0 Å². The van der Waals surface area contributed by atoms with Gasteiger partial charge >= 0.3 is 5.82 Å². The van der Waals surface area contributed by atoms with Crippen molar-refractivity contribution in [3.8, 4) is 11.6 Å². The Morgan fingerprint density at radius 3 is 2.86 bits per heavy atom. The molecule has 3 aromatic rings. The van der Waals surface area contributed by atoms with Crippen molar-refractivity contribution in [3.05, 3.63) is 34.8 Å². The Labute approximate surface area is 122 Å². The lowest BCUT2D eigenvalue weighted by atomic mass is 10.4. The van der Waals surface area contributed by atoms with E-state index in [0.717, 1.165) is 11.8 Å². The highest BCUT2D eigenvalue weighted by Crippen LogP contribution is 2.33. The Morgan fingerprint density at radius 1 is 1.38 bits per heavy atom. The Morgan fingerprint density at radius 2 is 2.19 bits per heavy atom. The maximum Gasteiger partial charge on any atom is 0.396 e. The van der Waals surface area contributed by atoms with Crippen LogP contribution in [0.5, 0.6) is 0 Å². The fourth-order valence-electron chi connectivity index (χ4n) is 1.76. The third-order valence-electron chi connectivity index (χ3n) is 2.80. The van der Waals surface area contributed by atoms with Crippen LogP contribution in [-0.2, 0) is 14.1 Å². The molecule has 9 nitrogen and oxygen atoms in total. The lowest BCUT2D eigenvalue weighted by Gasteiger charge is -2.02. The van der Waals surface area contributed by atoms with Gasteiger partial charge in [-0.05, 0) is 33.8 Å². The molecule has 0 aliphatic carbocycles.